The summed E-state index contributed by atoms with van der Waals surface area (Å²) in [6.45, 7) is 6.49. The first-order valence-electron chi connectivity index (χ1n) is 10.7. The molecule has 2 amide bonds. The van der Waals surface area contributed by atoms with Crippen LogP contribution in [0, 0.1) is 13.8 Å². The smallest absolute Gasteiger partial charge is 0.290 e. The normalized spacial score (nSPS) is 20.1. The monoisotopic (exact) mass is 453 g/mol. The zero-order chi connectivity index (χ0) is 22.7. The lowest BCUT2D eigenvalue weighted by molar-refractivity contribution is -0.115. The van der Waals surface area contributed by atoms with Gasteiger partial charge in [0.05, 0.1) is 17.7 Å². The van der Waals surface area contributed by atoms with Crippen molar-refractivity contribution in [3.63, 3.8) is 0 Å². The van der Waals surface area contributed by atoms with Crippen LogP contribution in [-0.4, -0.2) is 47.3 Å². The molecule has 0 radical (unpaired) electrons. The molecule has 3 heterocycles. The Morgan fingerprint density at radius 1 is 1.25 bits per heavy atom. The van der Waals surface area contributed by atoms with Gasteiger partial charge in [0.2, 0.25) is 0 Å². The summed E-state index contributed by atoms with van der Waals surface area (Å²) in [5, 5.41) is 1.92. The lowest BCUT2D eigenvalue weighted by atomic mass is 10.1. The molecule has 8 heteroatoms. The molecule has 0 spiro atoms. The maximum Gasteiger partial charge on any atom is 0.290 e. The average Bonchev–Trinajstić information content (AvgIpc) is 3.35. The number of nitrogens with one attached hydrogen (secondary N) is 1. The summed E-state index contributed by atoms with van der Waals surface area (Å²) >= 11 is 0.916. The molecule has 1 N–H and O–H groups in total. The van der Waals surface area contributed by atoms with Gasteiger partial charge in [0.1, 0.15) is 18.1 Å². The zero-order valence-corrected chi connectivity index (χ0v) is 19.3. The number of aromatic nitrogens is 1. The Labute approximate surface area is 192 Å². The molecule has 0 unspecified atom stereocenters. The lowest BCUT2D eigenvalue weighted by Gasteiger charge is -2.25. The van der Waals surface area contributed by atoms with Crippen molar-refractivity contribution < 1.29 is 19.1 Å². The van der Waals surface area contributed by atoms with Gasteiger partial charge >= 0.3 is 0 Å². The summed E-state index contributed by atoms with van der Waals surface area (Å²) in [6, 6.07) is 7.88. The topological polar surface area (TPSA) is 80.8 Å². The molecule has 4 rings (SSSR count). The maximum absolute atomic E-state index is 11.7. The largest absolute Gasteiger partial charge is 0.496 e. The summed E-state index contributed by atoms with van der Waals surface area (Å²) in [4.78, 5) is 30.4. The van der Waals surface area contributed by atoms with E-state index in [1.807, 2.05) is 37.4 Å². The van der Waals surface area contributed by atoms with Crippen LogP contribution in [0.5, 0.6) is 11.5 Å². The lowest BCUT2D eigenvalue weighted by Crippen LogP contribution is -2.34. The Morgan fingerprint density at radius 2 is 2.03 bits per heavy atom. The van der Waals surface area contributed by atoms with Crippen LogP contribution in [0.25, 0.3) is 6.08 Å². The van der Waals surface area contributed by atoms with Crippen LogP contribution >= 0.6 is 11.8 Å². The van der Waals surface area contributed by atoms with E-state index >= 15 is 0 Å². The maximum atomic E-state index is 11.7. The Balaban J connectivity index is 1.36. The molecule has 1 aromatic carbocycles. The molecule has 2 fully saturated rings. The molecule has 168 valence electrons. The van der Waals surface area contributed by atoms with E-state index in [0.29, 0.717) is 17.6 Å². The minimum absolute atomic E-state index is 0.329. The fourth-order valence-electron chi connectivity index (χ4n) is 4.14. The summed E-state index contributed by atoms with van der Waals surface area (Å²) in [7, 11) is 1.70. The van der Waals surface area contributed by atoms with Crippen molar-refractivity contribution in [2.75, 3.05) is 20.3 Å². The summed E-state index contributed by atoms with van der Waals surface area (Å²) < 4.78 is 11.6. The Kier molecular flexibility index (Phi) is 6.81. The standard InChI is InChI=1S/C24H27N3O4S/c1-15-12-25-20(16(2)22(15)30-3)13-27-10-4-5-18(27)14-31-19-8-6-17(7-9-19)11-21-23(28)26-24(29)32-21/h6-9,11-12,18H,4-5,10,13-14H2,1-3H3,(H,26,28,29)/t18-/m0/s1. The second-order valence-corrected chi connectivity index (χ2v) is 9.06. The number of amides is 2. The van der Waals surface area contributed by atoms with Gasteiger partial charge in [-0.05, 0) is 68.8 Å². The number of benzene rings is 1. The van der Waals surface area contributed by atoms with Crippen molar-refractivity contribution in [2.24, 2.45) is 0 Å². The highest BCUT2D eigenvalue weighted by molar-refractivity contribution is 8.18. The van der Waals surface area contributed by atoms with Crippen molar-refractivity contribution in [2.45, 2.75) is 39.3 Å². The van der Waals surface area contributed by atoms with Crippen LogP contribution < -0.4 is 14.8 Å². The summed E-state index contributed by atoms with van der Waals surface area (Å²) in [5.41, 5.74) is 4.04. The van der Waals surface area contributed by atoms with Gasteiger partial charge in [-0.15, -0.1) is 0 Å². The molecular weight excluding hydrogens is 426 g/mol. The predicted molar refractivity (Wildman–Crippen MR) is 125 cm³/mol. The number of nitrogens with zero attached hydrogens (tertiary/aromatic N) is 2. The molecule has 0 aliphatic carbocycles. The number of pyridine rings is 1. The Bertz CT molecular complexity index is 1050. The number of carbonyl (C=O) groups is 2. The van der Waals surface area contributed by atoms with Crippen LogP contribution in [0.2, 0.25) is 0 Å². The van der Waals surface area contributed by atoms with Crippen molar-refractivity contribution in [1.29, 1.82) is 0 Å². The third-order valence-corrected chi connectivity index (χ3v) is 6.67. The number of imide groups is 1. The first-order valence-corrected chi connectivity index (χ1v) is 11.5. The molecule has 2 aliphatic rings. The van der Waals surface area contributed by atoms with Crippen LogP contribution in [0.3, 0.4) is 0 Å². The number of methoxy groups -OCH3 is 1. The van der Waals surface area contributed by atoms with Crippen LogP contribution in [0.15, 0.2) is 35.4 Å². The molecule has 1 aromatic heterocycles. The molecule has 32 heavy (non-hydrogen) atoms. The number of rotatable bonds is 7. The number of hydrogen-bond acceptors (Lipinski definition) is 7. The van der Waals surface area contributed by atoms with Crippen molar-refractivity contribution in [3.8, 4) is 11.5 Å². The van der Waals surface area contributed by atoms with E-state index < -0.39 is 0 Å². The highest BCUT2D eigenvalue weighted by Gasteiger charge is 2.27. The van der Waals surface area contributed by atoms with Crippen LogP contribution in [-0.2, 0) is 11.3 Å². The minimum Gasteiger partial charge on any atom is -0.496 e. The SMILES string of the molecule is COc1c(C)cnc(CN2CCC[C@H]2COc2ccc(C=C3SC(=O)NC3=O)cc2)c1C. The predicted octanol–water partition coefficient (Wildman–Crippen LogP) is 4.07. The fourth-order valence-corrected chi connectivity index (χ4v) is 4.82. The second kappa shape index (κ2) is 9.75. The van der Waals surface area contributed by atoms with E-state index in [0.717, 1.165) is 71.6 Å². The van der Waals surface area contributed by atoms with Gasteiger partial charge in [-0.3, -0.25) is 24.8 Å². The van der Waals surface area contributed by atoms with Crippen LogP contribution in [0.1, 0.15) is 35.2 Å². The third-order valence-electron chi connectivity index (χ3n) is 5.86. The van der Waals surface area contributed by atoms with Gasteiger partial charge < -0.3 is 9.47 Å². The van der Waals surface area contributed by atoms with Gasteiger partial charge in [-0.1, -0.05) is 12.1 Å². The van der Waals surface area contributed by atoms with Gasteiger partial charge in [-0.25, -0.2) is 0 Å². The highest BCUT2D eigenvalue weighted by Crippen LogP contribution is 2.28. The highest BCUT2D eigenvalue weighted by atomic mass is 32.2. The number of hydrogen-bond donors (Lipinski definition) is 1. The van der Waals surface area contributed by atoms with Gasteiger partial charge in [0.25, 0.3) is 11.1 Å². The molecule has 0 bridgehead atoms. The molecular formula is C24H27N3O4S. The van der Waals surface area contributed by atoms with E-state index in [1.54, 1.807) is 13.2 Å². The fraction of sp³-hybridized carbons (Fsp3) is 0.375. The molecule has 2 aliphatic heterocycles. The Morgan fingerprint density at radius 3 is 2.72 bits per heavy atom. The van der Waals surface area contributed by atoms with Gasteiger partial charge in [-0.2, -0.15) is 0 Å². The number of ether oxygens (including phenoxy) is 2. The zero-order valence-electron chi connectivity index (χ0n) is 18.5. The molecule has 1 atom stereocenters. The summed E-state index contributed by atoms with van der Waals surface area (Å²) in [6.07, 6.45) is 5.81. The van der Waals surface area contributed by atoms with Crippen molar-refractivity contribution in [1.82, 2.24) is 15.2 Å². The second-order valence-electron chi connectivity index (χ2n) is 8.04. The quantitative estimate of drug-likeness (QED) is 0.633. The van der Waals surface area contributed by atoms with Crippen molar-refractivity contribution >= 4 is 29.0 Å². The van der Waals surface area contributed by atoms with E-state index in [4.69, 9.17) is 9.47 Å². The average molecular weight is 454 g/mol. The van der Waals surface area contributed by atoms with Crippen LogP contribution in [0.4, 0.5) is 4.79 Å². The van der Waals surface area contributed by atoms with Crippen molar-refractivity contribution in [3.05, 3.63) is 57.8 Å². The molecule has 2 saturated heterocycles. The first-order chi connectivity index (χ1) is 15.4. The molecule has 2 aromatic rings. The molecule has 0 saturated carbocycles. The van der Waals surface area contributed by atoms with Gasteiger partial charge in [0, 0.05) is 29.9 Å². The van der Waals surface area contributed by atoms with Gasteiger partial charge in [0.15, 0.2) is 0 Å². The molecule has 7 nitrogen and oxygen atoms in total. The van der Waals surface area contributed by atoms with E-state index in [-0.39, 0.29) is 11.1 Å². The Hall–Kier alpha value is -2.84. The summed E-state index contributed by atoms with van der Waals surface area (Å²) in [5.74, 6) is 1.34. The number of thioether (sulfide) groups is 1. The number of aryl methyl sites for hydroxylation is 1. The number of carbonyl (C=O) groups excluding carboxylic acids is 2. The van der Waals surface area contributed by atoms with E-state index in [1.165, 1.54) is 0 Å². The minimum atomic E-state index is -0.349. The first kappa shape index (κ1) is 22.4. The number of likely N-dealkylation sites (tertiary alicyclic amines) is 1. The third kappa shape index (κ3) is 4.97. The van der Waals surface area contributed by atoms with E-state index in [9.17, 15) is 9.59 Å². The van der Waals surface area contributed by atoms with E-state index in [2.05, 4.69) is 22.1 Å².